The SMILES string of the molecule is CN(C)c1cc(CNc2cccnc2)c(O)c2c1CC1CC3CC(=O)C(C(N)=O)=C(O)C3(O)C(=O)C1=C2O. The second kappa shape index (κ2) is 8.88. The van der Waals surface area contributed by atoms with Crippen LogP contribution in [0, 0.1) is 11.8 Å². The number of carbonyl (C=O) groups excluding carboxylic acids is 3. The fraction of sp³-hybridized carbons (Fsp3) is 0.333. The number of nitrogens with zero attached hydrogens (tertiary/aromatic N) is 2. The number of hydrogen-bond donors (Lipinski definition) is 6. The van der Waals surface area contributed by atoms with E-state index in [1.165, 1.54) is 0 Å². The summed E-state index contributed by atoms with van der Waals surface area (Å²) in [6.45, 7) is 0.186. The van der Waals surface area contributed by atoms with Crippen LogP contribution < -0.4 is 16.0 Å². The highest BCUT2D eigenvalue weighted by Gasteiger charge is 2.60. The molecule has 3 atom stereocenters. The van der Waals surface area contributed by atoms with Crippen molar-refractivity contribution in [1.82, 2.24) is 4.98 Å². The summed E-state index contributed by atoms with van der Waals surface area (Å²) in [6, 6.07) is 5.37. The minimum atomic E-state index is -2.59. The summed E-state index contributed by atoms with van der Waals surface area (Å²) in [6.07, 6.45) is 3.23. The van der Waals surface area contributed by atoms with Crippen molar-refractivity contribution in [3.8, 4) is 5.75 Å². The van der Waals surface area contributed by atoms with Crippen molar-refractivity contribution in [1.29, 1.82) is 0 Å². The van der Waals surface area contributed by atoms with Crippen LogP contribution in [0.5, 0.6) is 5.75 Å². The maximum absolute atomic E-state index is 13.7. The fourth-order valence-corrected chi connectivity index (χ4v) is 5.92. The van der Waals surface area contributed by atoms with Gasteiger partial charge in [0, 0.05) is 62.2 Å². The first-order valence-electron chi connectivity index (χ1n) is 12.1. The molecule has 1 amide bonds. The number of aromatic nitrogens is 1. The Morgan fingerprint density at radius 2 is 1.97 bits per heavy atom. The van der Waals surface area contributed by atoms with Gasteiger partial charge in [-0.2, -0.15) is 0 Å². The van der Waals surface area contributed by atoms with E-state index in [1.807, 2.05) is 25.1 Å². The lowest BCUT2D eigenvalue weighted by Gasteiger charge is -2.46. The van der Waals surface area contributed by atoms with Crippen LogP contribution in [0.25, 0.3) is 5.76 Å². The zero-order chi connectivity index (χ0) is 27.5. The van der Waals surface area contributed by atoms with E-state index < -0.39 is 52.0 Å². The Bertz CT molecular complexity index is 1450. The molecule has 0 saturated heterocycles. The van der Waals surface area contributed by atoms with E-state index in [1.54, 1.807) is 24.5 Å². The van der Waals surface area contributed by atoms with Gasteiger partial charge in [-0.1, -0.05) is 0 Å². The molecule has 5 rings (SSSR count). The number of hydrogen-bond acceptors (Lipinski definition) is 10. The lowest BCUT2D eigenvalue weighted by molar-refractivity contribution is -0.147. The Labute approximate surface area is 217 Å². The number of phenolic OH excluding ortho intramolecular Hbond substituents is 1. The third kappa shape index (κ3) is 3.61. The summed E-state index contributed by atoms with van der Waals surface area (Å²) < 4.78 is 0. The van der Waals surface area contributed by atoms with Crippen LogP contribution in [0.4, 0.5) is 11.4 Å². The highest BCUT2D eigenvalue weighted by atomic mass is 16.3. The quantitative estimate of drug-likeness (QED) is 0.315. The Morgan fingerprint density at radius 3 is 2.61 bits per heavy atom. The molecule has 1 aromatic heterocycles. The summed E-state index contributed by atoms with van der Waals surface area (Å²) in [5.41, 5.74) is 4.23. The summed E-state index contributed by atoms with van der Waals surface area (Å²) >= 11 is 0. The average Bonchev–Trinajstić information content (AvgIpc) is 2.86. The molecule has 0 aliphatic heterocycles. The van der Waals surface area contributed by atoms with Crippen LogP contribution in [0.1, 0.15) is 29.5 Å². The number of Topliss-reactive ketones (excluding diaryl/α,β-unsaturated/α-hetero) is 2. The molecule has 3 aliphatic rings. The van der Waals surface area contributed by atoms with Gasteiger partial charge >= 0.3 is 0 Å². The molecular formula is C27H28N4O7. The highest BCUT2D eigenvalue weighted by molar-refractivity contribution is 6.22. The lowest BCUT2D eigenvalue weighted by Crippen LogP contribution is -2.58. The molecule has 0 radical (unpaired) electrons. The van der Waals surface area contributed by atoms with Crippen LogP contribution >= 0.6 is 0 Å². The first-order chi connectivity index (χ1) is 18.0. The number of phenols is 1. The average molecular weight is 521 g/mol. The summed E-state index contributed by atoms with van der Waals surface area (Å²) in [4.78, 5) is 43.9. The van der Waals surface area contributed by atoms with Crippen molar-refractivity contribution >= 4 is 34.6 Å². The van der Waals surface area contributed by atoms with E-state index >= 15 is 0 Å². The summed E-state index contributed by atoms with van der Waals surface area (Å²) in [7, 11) is 3.64. The Balaban J connectivity index is 1.64. The van der Waals surface area contributed by atoms with Crippen molar-refractivity contribution in [2.45, 2.75) is 31.4 Å². The number of aliphatic hydroxyl groups is 3. The van der Waals surface area contributed by atoms with Crippen LogP contribution in [-0.4, -0.2) is 62.6 Å². The molecule has 1 aromatic carbocycles. The molecule has 11 heteroatoms. The maximum Gasteiger partial charge on any atom is 0.255 e. The highest BCUT2D eigenvalue weighted by Crippen LogP contribution is 2.53. The largest absolute Gasteiger partial charge is 0.508 e. The van der Waals surface area contributed by atoms with Crippen LogP contribution in [0.15, 0.2) is 47.5 Å². The first-order valence-corrected chi connectivity index (χ1v) is 12.1. The zero-order valence-corrected chi connectivity index (χ0v) is 20.9. The van der Waals surface area contributed by atoms with Gasteiger partial charge in [-0.15, -0.1) is 0 Å². The number of pyridine rings is 1. The minimum Gasteiger partial charge on any atom is -0.508 e. The van der Waals surface area contributed by atoms with Crippen molar-refractivity contribution < 1.29 is 34.8 Å². The zero-order valence-electron chi connectivity index (χ0n) is 20.9. The number of rotatable bonds is 5. The van der Waals surface area contributed by atoms with Gasteiger partial charge in [0.15, 0.2) is 11.4 Å². The van der Waals surface area contributed by atoms with E-state index in [0.717, 1.165) is 5.69 Å². The molecule has 3 aliphatic carbocycles. The predicted octanol–water partition coefficient (Wildman–Crippen LogP) is 1.50. The second-order valence-corrected chi connectivity index (χ2v) is 10.2. The molecule has 1 heterocycles. The van der Waals surface area contributed by atoms with Crippen LogP contribution in [0.2, 0.25) is 0 Å². The molecule has 1 saturated carbocycles. The van der Waals surface area contributed by atoms with Gasteiger partial charge in [-0.05, 0) is 42.5 Å². The predicted molar refractivity (Wildman–Crippen MR) is 137 cm³/mol. The number of fused-ring (bicyclic) bond motifs is 3. The van der Waals surface area contributed by atoms with E-state index in [-0.39, 0.29) is 42.7 Å². The monoisotopic (exact) mass is 520 g/mol. The molecule has 1 fully saturated rings. The van der Waals surface area contributed by atoms with Crippen molar-refractivity contribution in [3.05, 3.63) is 64.2 Å². The summed E-state index contributed by atoms with van der Waals surface area (Å²) in [5, 5.41) is 48.0. The van der Waals surface area contributed by atoms with Gasteiger partial charge in [0.25, 0.3) is 5.91 Å². The second-order valence-electron chi connectivity index (χ2n) is 10.2. The van der Waals surface area contributed by atoms with Crippen molar-refractivity contribution in [2.24, 2.45) is 17.6 Å². The number of anilines is 2. The standard InChI is InChI=1S/C27H28N4O7/c1-31(2)17-8-13(10-30-15-4-3-5-29-11-15)22(33)20-16(17)7-12-6-14-9-18(32)21(26(28)37)25(36)27(14,38)24(35)19(12)23(20)34/h3-5,8,11-12,14,30,33-34,36,38H,6-7,9-10H2,1-2H3,(H2,28,37). The number of primary amides is 1. The molecule has 198 valence electrons. The smallest absolute Gasteiger partial charge is 0.255 e. The first kappa shape index (κ1) is 25.3. The van der Waals surface area contributed by atoms with E-state index in [9.17, 15) is 34.8 Å². The number of aliphatic hydroxyl groups excluding tert-OH is 2. The molecule has 11 nitrogen and oxygen atoms in total. The molecule has 3 unspecified atom stereocenters. The lowest BCUT2D eigenvalue weighted by atomic mass is 9.59. The van der Waals surface area contributed by atoms with Crippen LogP contribution in [0.3, 0.4) is 0 Å². The van der Waals surface area contributed by atoms with Crippen molar-refractivity contribution in [2.75, 3.05) is 24.3 Å². The van der Waals surface area contributed by atoms with Crippen molar-refractivity contribution in [3.63, 3.8) is 0 Å². The van der Waals surface area contributed by atoms with Gasteiger partial charge in [-0.3, -0.25) is 19.4 Å². The van der Waals surface area contributed by atoms with Gasteiger partial charge < -0.3 is 36.4 Å². The number of nitrogens with two attached hydrogens (primary N) is 1. The Kier molecular flexibility index (Phi) is 5.90. The maximum atomic E-state index is 13.7. The molecule has 7 N–H and O–H groups in total. The summed E-state index contributed by atoms with van der Waals surface area (Å²) in [5.74, 6) is -6.44. The topological polar surface area (TPSA) is 186 Å². The van der Waals surface area contributed by atoms with Gasteiger partial charge in [0.1, 0.15) is 22.8 Å². The number of carbonyl (C=O) groups is 3. The molecule has 0 spiro atoms. The minimum absolute atomic E-state index is 0.0614. The van der Waals surface area contributed by atoms with E-state index in [0.29, 0.717) is 16.8 Å². The number of ketones is 2. The molecule has 38 heavy (non-hydrogen) atoms. The normalized spacial score (nSPS) is 24.5. The Hall–Kier alpha value is -4.38. The number of aromatic hydroxyl groups is 1. The van der Waals surface area contributed by atoms with Crippen LogP contribution in [-0.2, 0) is 27.3 Å². The van der Waals surface area contributed by atoms with Gasteiger partial charge in [-0.25, -0.2) is 0 Å². The number of benzene rings is 1. The molecule has 0 bridgehead atoms. The van der Waals surface area contributed by atoms with Gasteiger partial charge in [0.2, 0.25) is 5.78 Å². The molecule has 2 aromatic rings. The third-order valence-electron chi connectivity index (χ3n) is 7.75. The number of amides is 1. The van der Waals surface area contributed by atoms with E-state index in [4.69, 9.17) is 5.73 Å². The third-order valence-corrected chi connectivity index (χ3v) is 7.75. The van der Waals surface area contributed by atoms with Gasteiger partial charge in [0.05, 0.1) is 11.3 Å². The fourth-order valence-electron chi connectivity index (χ4n) is 5.92. The molecular weight excluding hydrogens is 492 g/mol. The number of nitrogens with one attached hydrogen (secondary N) is 1. The van der Waals surface area contributed by atoms with E-state index in [2.05, 4.69) is 10.3 Å². The Morgan fingerprint density at radius 1 is 1.24 bits per heavy atom.